The van der Waals surface area contributed by atoms with E-state index in [0.717, 1.165) is 19.3 Å². The standard InChI is InChI=1S/C25H29FN2O5/c1-31-20-11-8-12-21(32-2)22(20)24(30)28-19(16-33-25(28)13-6-3-7-14-25)23(29)27-15-17-9-4-5-10-18(17)26/h4-5,8-12,19H,3,6-7,13-16H2,1-2H3,(H,27,29). The topological polar surface area (TPSA) is 77.1 Å². The minimum Gasteiger partial charge on any atom is -0.496 e. The van der Waals surface area contributed by atoms with Crippen LogP contribution in [-0.4, -0.2) is 49.3 Å². The van der Waals surface area contributed by atoms with Gasteiger partial charge in [-0.3, -0.25) is 14.5 Å². The van der Waals surface area contributed by atoms with Gasteiger partial charge in [0.25, 0.3) is 5.91 Å². The number of halogens is 1. The normalized spacial score (nSPS) is 19.4. The van der Waals surface area contributed by atoms with Crippen LogP contribution in [0.1, 0.15) is 48.0 Å². The molecule has 2 aromatic carbocycles. The van der Waals surface area contributed by atoms with Gasteiger partial charge < -0.3 is 19.5 Å². The zero-order valence-corrected chi connectivity index (χ0v) is 18.9. The summed E-state index contributed by atoms with van der Waals surface area (Å²) >= 11 is 0. The highest BCUT2D eigenvalue weighted by Gasteiger charge is 2.53. The van der Waals surface area contributed by atoms with Crippen molar-refractivity contribution in [2.75, 3.05) is 20.8 Å². The lowest BCUT2D eigenvalue weighted by atomic mass is 9.89. The Hall–Kier alpha value is -3.13. The molecule has 1 saturated heterocycles. The number of nitrogens with zero attached hydrogens (tertiary/aromatic N) is 1. The Morgan fingerprint density at radius 1 is 1.06 bits per heavy atom. The van der Waals surface area contributed by atoms with Crippen molar-refractivity contribution in [2.24, 2.45) is 0 Å². The van der Waals surface area contributed by atoms with Gasteiger partial charge in [-0.25, -0.2) is 4.39 Å². The van der Waals surface area contributed by atoms with E-state index < -0.39 is 17.6 Å². The summed E-state index contributed by atoms with van der Waals surface area (Å²) < 4.78 is 31.1. The molecule has 1 spiro atoms. The Kier molecular flexibility index (Phi) is 6.83. The van der Waals surface area contributed by atoms with Crippen molar-refractivity contribution in [1.82, 2.24) is 10.2 Å². The molecule has 0 aromatic heterocycles. The molecule has 2 fully saturated rings. The number of methoxy groups -OCH3 is 2. The summed E-state index contributed by atoms with van der Waals surface area (Å²) in [7, 11) is 2.97. The molecule has 176 valence electrons. The molecule has 0 radical (unpaired) electrons. The van der Waals surface area contributed by atoms with Crippen molar-refractivity contribution in [1.29, 1.82) is 0 Å². The minimum absolute atomic E-state index is 0.0228. The molecule has 1 N–H and O–H groups in total. The second-order valence-electron chi connectivity index (χ2n) is 8.36. The van der Waals surface area contributed by atoms with Crippen molar-refractivity contribution < 1.29 is 28.2 Å². The van der Waals surface area contributed by atoms with Crippen molar-refractivity contribution in [3.05, 3.63) is 59.4 Å². The smallest absolute Gasteiger partial charge is 0.264 e. The molecule has 1 aliphatic carbocycles. The summed E-state index contributed by atoms with van der Waals surface area (Å²) in [6.45, 7) is 0.0985. The Balaban J connectivity index is 1.66. The molecule has 2 aliphatic rings. The molecule has 33 heavy (non-hydrogen) atoms. The Morgan fingerprint density at radius 2 is 1.73 bits per heavy atom. The lowest BCUT2D eigenvalue weighted by Crippen LogP contribution is -2.56. The zero-order chi connectivity index (χ0) is 23.4. The predicted octanol–water partition coefficient (Wildman–Crippen LogP) is 3.66. The van der Waals surface area contributed by atoms with Gasteiger partial charge in [-0.15, -0.1) is 0 Å². The summed E-state index contributed by atoms with van der Waals surface area (Å²) in [5.74, 6) is -0.431. The molecular formula is C25H29FN2O5. The van der Waals surface area contributed by atoms with Crippen LogP contribution in [0.5, 0.6) is 11.5 Å². The number of hydrogen-bond acceptors (Lipinski definition) is 5. The zero-order valence-electron chi connectivity index (χ0n) is 18.9. The highest BCUT2D eigenvalue weighted by Crippen LogP contribution is 2.43. The molecule has 8 heteroatoms. The van der Waals surface area contributed by atoms with Crippen molar-refractivity contribution >= 4 is 11.8 Å². The molecule has 2 aromatic rings. The second-order valence-corrected chi connectivity index (χ2v) is 8.36. The van der Waals surface area contributed by atoms with Gasteiger partial charge in [0.2, 0.25) is 5.91 Å². The van der Waals surface area contributed by atoms with Gasteiger partial charge in [0, 0.05) is 12.1 Å². The first-order chi connectivity index (χ1) is 16.0. The predicted molar refractivity (Wildman–Crippen MR) is 120 cm³/mol. The number of carbonyl (C=O) groups excluding carboxylic acids is 2. The van der Waals surface area contributed by atoms with Gasteiger partial charge in [-0.2, -0.15) is 0 Å². The van der Waals surface area contributed by atoms with Gasteiger partial charge in [-0.1, -0.05) is 30.7 Å². The van der Waals surface area contributed by atoms with E-state index in [2.05, 4.69) is 5.32 Å². The van der Waals surface area contributed by atoms with Crippen LogP contribution >= 0.6 is 0 Å². The highest BCUT2D eigenvalue weighted by atomic mass is 19.1. The van der Waals surface area contributed by atoms with Crippen molar-refractivity contribution in [3.63, 3.8) is 0 Å². The molecule has 1 heterocycles. The monoisotopic (exact) mass is 456 g/mol. The van der Waals surface area contributed by atoms with Gasteiger partial charge in [0.15, 0.2) is 0 Å². The first kappa shape index (κ1) is 23.0. The van der Waals surface area contributed by atoms with Crippen LogP contribution in [0, 0.1) is 5.82 Å². The molecule has 0 bridgehead atoms. The maximum absolute atomic E-state index is 14.0. The fraction of sp³-hybridized carbons (Fsp3) is 0.440. The summed E-state index contributed by atoms with van der Waals surface area (Å²) in [5, 5.41) is 2.78. The Labute approximate surface area is 192 Å². The van der Waals surface area contributed by atoms with Crippen LogP contribution in [0.25, 0.3) is 0 Å². The van der Waals surface area contributed by atoms with E-state index in [1.165, 1.54) is 20.3 Å². The number of nitrogens with one attached hydrogen (secondary N) is 1. The molecule has 2 amide bonds. The van der Waals surface area contributed by atoms with Crippen LogP contribution in [0.15, 0.2) is 42.5 Å². The first-order valence-electron chi connectivity index (χ1n) is 11.2. The van der Waals surface area contributed by atoms with Crippen molar-refractivity contribution in [2.45, 2.75) is 50.4 Å². The number of rotatable bonds is 6. The molecule has 1 saturated carbocycles. The van der Waals surface area contributed by atoms with E-state index in [1.54, 1.807) is 41.3 Å². The molecule has 1 atom stereocenters. The molecule has 4 rings (SSSR count). The summed E-state index contributed by atoms with van der Waals surface area (Å²) in [5.41, 5.74) is -0.229. The molecule has 1 aliphatic heterocycles. The minimum atomic E-state index is -0.860. The van der Waals surface area contributed by atoms with Crippen LogP contribution in [-0.2, 0) is 16.1 Å². The van der Waals surface area contributed by atoms with Gasteiger partial charge in [0.05, 0.1) is 20.8 Å². The first-order valence-corrected chi connectivity index (χ1v) is 11.2. The number of ether oxygens (including phenoxy) is 3. The highest BCUT2D eigenvalue weighted by molar-refractivity contribution is 6.02. The van der Waals surface area contributed by atoms with Gasteiger partial charge >= 0.3 is 0 Å². The third-order valence-corrected chi connectivity index (χ3v) is 6.47. The average Bonchev–Trinajstić information content (AvgIpc) is 3.20. The lowest BCUT2D eigenvalue weighted by molar-refractivity contribution is -0.127. The van der Waals surface area contributed by atoms with E-state index in [9.17, 15) is 14.0 Å². The quantitative estimate of drug-likeness (QED) is 0.718. The summed E-state index contributed by atoms with van der Waals surface area (Å²) in [4.78, 5) is 28.8. The third-order valence-electron chi connectivity index (χ3n) is 6.47. The second kappa shape index (κ2) is 9.79. The molecule has 7 nitrogen and oxygen atoms in total. The Bertz CT molecular complexity index is 999. The van der Waals surface area contributed by atoms with E-state index in [-0.39, 0.29) is 30.5 Å². The number of carbonyl (C=O) groups is 2. The number of benzene rings is 2. The Morgan fingerprint density at radius 3 is 2.36 bits per heavy atom. The molecule has 1 unspecified atom stereocenters. The maximum Gasteiger partial charge on any atom is 0.264 e. The van der Waals surface area contributed by atoms with E-state index in [1.807, 2.05) is 0 Å². The van der Waals surface area contributed by atoms with Crippen molar-refractivity contribution in [3.8, 4) is 11.5 Å². The van der Waals surface area contributed by atoms with E-state index in [4.69, 9.17) is 14.2 Å². The fourth-order valence-electron chi connectivity index (χ4n) is 4.80. The maximum atomic E-state index is 14.0. The van der Waals surface area contributed by atoms with Gasteiger partial charge in [0.1, 0.15) is 34.6 Å². The van der Waals surface area contributed by atoms with Crippen LogP contribution in [0.4, 0.5) is 4.39 Å². The fourth-order valence-corrected chi connectivity index (χ4v) is 4.80. The van der Waals surface area contributed by atoms with Gasteiger partial charge in [-0.05, 0) is 43.9 Å². The lowest BCUT2D eigenvalue weighted by Gasteiger charge is -2.41. The largest absolute Gasteiger partial charge is 0.496 e. The van der Waals surface area contributed by atoms with E-state index in [0.29, 0.717) is 29.9 Å². The summed E-state index contributed by atoms with van der Waals surface area (Å²) in [6, 6.07) is 10.5. The number of amides is 2. The SMILES string of the molecule is COc1cccc(OC)c1C(=O)N1C(C(=O)NCc2ccccc2F)COC12CCCCC2. The molecular weight excluding hydrogens is 427 g/mol. The summed E-state index contributed by atoms with van der Waals surface area (Å²) in [6.07, 6.45) is 4.14. The van der Waals surface area contributed by atoms with Crippen LogP contribution in [0.3, 0.4) is 0 Å². The number of hydrogen-bond donors (Lipinski definition) is 1. The van der Waals surface area contributed by atoms with E-state index >= 15 is 0 Å². The van der Waals surface area contributed by atoms with Crippen LogP contribution < -0.4 is 14.8 Å². The third kappa shape index (κ3) is 4.39. The van der Waals surface area contributed by atoms with Crippen LogP contribution in [0.2, 0.25) is 0 Å². The average molecular weight is 457 g/mol.